The monoisotopic (exact) mass is 396 g/mol. The van der Waals surface area contributed by atoms with Gasteiger partial charge in [-0.05, 0) is 42.5 Å². The zero-order valence-electron chi connectivity index (χ0n) is 16.3. The van der Waals surface area contributed by atoms with Crippen LogP contribution in [0, 0.1) is 17.8 Å². The number of nitrogens with one attached hydrogen (secondary N) is 1. The zero-order valence-corrected chi connectivity index (χ0v) is 17.1. The quantitative estimate of drug-likeness (QED) is 0.746. The maximum absolute atomic E-state index is 12.8. The number of nitrogens with zero attached hydrogens (tertiary/aromatic N) is 1. The van der Waals surface area contributed by atoms with Crippen molar-refractivity contribution in [1.82, 2.24) is 4.31 Å². The molecule has 0 unspecified atom stereocenters. The summed E-state index contributed by atoms with van der Waals surface area (Å²) in [4.78, 5) is 23.4. The van der Waals surface area contributed by atoms with Gasteiger partial charge in [0.05, 0.1) is 10.8 Å². The van der Waals surface area contributed by atoms with Crippen LogP contribution in [-0.4, -0.2) is 44.3 Å². The molecule has 2 rings (SSSR count). The van der Waals surface area contributed by atoms with Crippen LogP contribution in [0.15, 0.2) is 29.2 Å². The number of amides is 1. The Morgan fingerprint density at radius 3 is 2.22 bits per heavy atom. The number of hydrogen-bond acceptors (Lipinski definition) is 5. The minimum absolute atomic E-state index is 0.202. The van der Waals surface area contributed by atoms with Crippen molar-refractivity contribution in [2.75, 3.05) is 25.0 Å². The van der Waals surface area contributed by atoms with E-state index in [-0.39, 0.29) is 17.4 Å². The molecule has 1 aliphatic heterocycles. The largest absolute Gasteiger partial charge is 0.455 e. The molecule has 150 valence electrons. The summed E-state index contributed by atoms with van der Waals surface area (Å²) >= 11 is 0. The van der Waals surface area contributed by atoms with E-state index in [0.29, 0.717) is 30.6 Å². The predicted molar refractivity (Wildman–Crippen MR) is 103 cm³/mol. The fourth-order valence-corrected chi connectivity index (χ4v) is 4.84. The summed E-state index contributed by atoms with van der Waals surface area (Å²) in [5.74, 6) is -0.566. The van der Waals surface area contributed by atoms with E-state index in [0.717, 1.165) is 6.42 Å². The molecule has 0 spiro atoms. The van der Waals surface area contributed by atoms with Gasteiger partial charge in [0.25, 0.3) is 5.91 Å². The molecular weight excluding hydrogens is 368 g/mol. The topological polar surface area (TPSA) is 92.8 Å². The van der Waals surface area contributed by atoms with Gasteiger partial charge in [-0.25, -0.2) is 8.42 Å². The Kier molecular flexibility index (Phi) is 7.00. The third-order valence-electron chi connectivity index (χ3n) is 4.43. The van der Waals surface area contributed by atoms with Crippen LogP contribution in [0.5, 0.6) is 0 Å². The van der Waals surface area contributed by atoms with Gasteiger partial charge in [-0.3, -0.25) is 9.59 Å². The molecule has 0 aromatic heterocycles. The SMILES string of the molecule is CC(C)C(=O)OCC(=O)Nc1ccc(S(=O)(=O)N2C[C@H](C)C[C@@H](C)C2)cc1. The number of anilines is 1. The van der Waals surface area contributed by atoms with E-state index in [1.54, 1.807) is 13.8 Å². The molecule has 1 fully saturated rings. The van der Waals surface area contributed by atoms with Crippen LogP contribution in [0.1, 0.15) is 34.1 Å². The normalized spacial score (nSPS) is 21.1. The highest BCUT2D eigenvalue weighted by Gasteiger charge is 2.31. The van der Waals surface area contributed by atoms with E-state index in [1.165, 1.54) is 28.6 Å². The minimum Gasteiger partial charge on any atom is -0.455 e. The highest BCUT2D eigenvalue weighted by atomic mass is 32.2. The first-order valence-corrected chi connectivity index (χ1v) is 10.6. The number of rotatable bonds is 6. The van der Waals surface area contributed by atoms with E-state index in [9.17, 15) is 18.0 Å². The van der Waals surface area contributed by atoms with Crippen LogP contribution >= 0.6 is 0 Å². The van der Waals surface area contributed by atoms with Gasteiger partial charge in [0, 0.05) is 18.8 Å². The van der Waals surface area contributed by atoms with Crippen molar-refractivity contribution in [2.45, 2.75) is 39.0 Å². The van der Waals surface area contributed by atoms with Crippen molar-refractivity contribution >= 4 is 27.6 Å². The van der Waals surface area contributed by atoms with Crippen molar-refractivity contribution in [3.8, 4) is 0 Å². The average Bonchev–Trinajstić information content (AvgIpc) is 2.59. The van der Waals surface area contributed by atoms with Gasteiger partial charge in [-0.2, -0.15) is 4.31 Å². The number of esters is 1. The Bertz CT molecular complexity index is 764. The number of sulfonamides is 1. The van der Waals surface area contributed by atoms with E-state index >= 15 is 0 Å². The van der Waals surface area contributed by atoms with Gasteiger partial charge in [0.1, 0.15) is 0 Å². The Hall–Kier alpha value is -1.93. The fraction of sp³-hybridized carbons (Fsp3) is 0.579. The molecule has 0 radical (unpaired) electrons. The van der Waals surface area contributed by atoms with Gasteiger partial charge < -0.3 is 10.1 Å². The number of hydrogen-bond donors (Lipinski definition) is 1. The number of benzene rings is 1. The Morgan fingerprint density at radius 2 is 1.70 bits per heavy atom. The molecule has 1 aliphatic rings. The molecule has 1 aromatic carbocycles. The first-order valence-electron chi connectivity index (χ1n) is 9.16. The smallest absolute Gasteiger partial charge is 0.308 e. The Labute approximate surface area is 161 Å². The van der Waals surface area contributed by atoms with Crippen molar-refractivity contribution in [3.05, 3.63) is 24.3 Å². The van der Waals surface area contributed by atoms with Crippen molar-refractivity contribution in [3.63, 3.8) is 0 Å². The molecule has 0 aliphatic carbocycles. The first-order chi connectivity index (χ1) is 12.6. The molecule has 1 heterocycles. The van der Waals surface area contributed by atoms with E-state index < -0.39 is 21.9 Å². The molecule has 0 saturated carbocycles. The maximum Gasteiger partial charge on any atom is 0.308 e. The summed E-state index contributed by atoms with van der Waals surface area (Å²) < 4.78 is 32.1. The summed E-state index contributed by atoms with van der Waals surface area (Å²) in [6.45, 7) is 8.15. The van der Waals surface area contributed by atoms with E-state index in [4.69, 9.17) is 4.74 Å². The van der Waals surface area contributed by atoms with Crippen LogP contribution in [0.2, 0.25) is 0 Å². The summed E-state index contributed by atoms with van der Waals surface area (Å²) in [7, 11) is -3.55. The lowest BCUT2D eigenvalue weighted by Crippen LogP contribution is -2.42. The third-order valence-corrected chi connectivity index (χ3v) is 6.27. The molecule has 27 heavy (non-hydrogen) atoms. The number of carbonyl (C=O) groups is 2. The summed E-state index contributed by atoms with van der Waals surface area (Å²) in [6, 6.07) is 6.03. The molecule has 1 aromatic rings. The fourth-order valence-electron chi connectivity index (χ4n) is 3.16. The van der Waals surface area contributed by atoms with Gasteiger partial charge in [-0.15, -0.1) is 0 Å². The van der Waals surface area contributed by atoms with Crippen LogP contribution in [-0.2, 0) is 24.3 Å². The molecule has 1 amide bonds. The molecule has 7 nitrogen and oxygen atoms in total. The molecule has 2 atom stereocenters. The van der Waals surface area contributed by atoms with Crippen LogP contribution in [0.25, 0.3) is 0 Å². The standard InChI is InChI=1S/C19H28N2O5S/c1-13(2)19(23)26-12-18(22)20-16-5-7-17(8-6-16)27(24,25)21-10-14(3)9-15(4)11-21/h5-8,13-15H,9-12H2,1-4H3,(H,20,22)/t14-,15-/m1/s1. The highest BCUT2D eigenvalue weighted by Crippen LogP contribution is 2.27. The lowest BCUT2D eigenvalue weighted by molar-refractivity contribution is -0.150. The summed E-state index contributed by atoms with van der Waals surface area (Å²) in [5.41, 5.74) is 0.444. The summed E-state index contributed by atoms with van der Waals surface area (Å²) in [5, 5.41) is 2.58. The van der Waals surface area contributed by atoms with E-state index in [1.807, 2.05) is 0 Å². The third kappa shape index (κ3) is 5.77. The molecular formula is C19H28N2O5S. The highest BCUT2D eigenvalue weighted by molar-refractivity contribution is 7.89. The zero-order chi connectivity index (χ0) is 20.2. The van der Waals surface area contributed by atoms with Crippen LogP contribution in [0.3, 0.4) is 0 Å². The number of ether oxygens (including phenoxy) is 1. The minimum atomic E-state index is -3.55. The van der Waals surface area contributed by atoms with Gasteiger partial charge in [0.2, 0.25) is 10.0 Å². The summed E-state index contributed by atoms with van der Waals surface area (Å²) in [6.07, 6.45) is 1.03. The lowest BCUT2D eigenvalue weighted by Gasteiger charge is -2.34. The second kappa shape index (κ2) is 8.84. The molecule has 0 bridgehead atoms. The second-order valence-electron chi connectivity index (χ2n) is 7.60. The predicted octanol–water partition coefficient (Wildman–Crippen LogP) is 2.49. The van der Waals surface area contributed by atoms with Gasteiger partial charge in [-0.1, -0.05) is 27.7 Å². The van der Waals surface area contributed by atoms with Crippen molar-refractivity contribution in [2.24, 2.45) is 17.8 Å². The molecule has 1 N–H and O–H groups in total. The van der Waals surface area contributed by atoms with Crippen LogP contribution in [0.4, 0.5) is 5.69 Å². The number of piperidine rings is 1. The van der Waals surface area contributed by atoms with Crippen molar-refractivity contribution in [1.29, 1.82) is 0 Å². The molecule has 1 saturated heterocycles. The Morgan fingerprint density at radius 1 is 1.15 bits per heavy atom. The van der Waals surface area contributed by atoms with Crippen molar-refractivity contribution < 1.29 is 22.7 Å². The average molecular weight is 397 g/mol. The number of carbonyl (C=O) groups excluding carboxylic acids is 2. The van der Waals surface area contributed by atoms with Gasteiger partial charge >= 0.3 is 5.97 Å². The van der Waals surface area contributed by atoms with Crippen LogP contribution < -0.4 is 5.32 Å². The molecule has 8 heteroatoms. The second-order valence-corrected chi connectivity index (χ2v) is 9.54. The van der Waals surface area contributed by atoms with E-state index in [2.05, 4.69) is 19.2 Å². The first kappa shape index (κ1) is 21.4. The van der Waals surface area contributed by atoms with Gasteiger partial charge in [0.15, 0.2) is 6.61 Å². The Balaban J connectivity index is 1.99. The lowest BCUT2D eigenvalue weighted by atomic mass is 9.94. The maximum atomic E-state index is 12.8.